The number of nitrogens with one attached hydrogen (secondary N) is 1. The van der Waals surface area contributed by atoms with Crippen molar-refractivity contribution in [3.63, 3.8) is 0 Å². The number of unbranched alkanes of at least 4 members (excludes halogenated alkanes) is 50. The fourth-order valence-corrected chi connectivity index (χ4v) is 11.3. The third-order valence-corrected chi connectivity index (χ3v) is 17.0. The number of ether oxygens (including phenoxy) is 1. The number of aliphatic hydroxyl groups excluding tert-OH is 2. The van der Waals surface area contributed by atoms with E-state index in [1.54, 1.807) is 6.08 Å². The van der Waals surface area contributed by atoms with E-state index in [2.05, 4.69) is 67.8 Å². The van der Waals surface area contributed by atoms with Crippen LogP contribution in [0.2, 0.25) is 0 Å². The van der Waals surface area contributed by atoms with Gasteiger partial charge in [-0.2, -0.15) is 0 Å². The summed E-state index contributed by atoms with van der Waals surface area (Å²) in [5.41, 5.74) is 0. The van der Waals surface area contributed by atoms with Gasteiger partial charge in [0.1, 0.15) is 0 Å². The number of carbonyl (C=O) groups is 2. The smallest absolute Gasteiger partial charge is 0.305 e. The minimum atomic E-state index is -0.842. The molecule has 0 aromatic rings. The molecule has 2 unspecified atom stereocenters. The first-order valence-electron chi connectivity index (χ1n) is 37.1. The first-order chi connectivity index (χ1) is 41.0. The Hall–Kier alpha value is -2.44. The molecule has 0 aromatic carbocycles. The van der Waals surface area contributed by atoms with E-state index in [9.17, 15) is 19.8 Å². The molecule has 6 heteroatoms. The van der Waals surface area contributed by atoms with Gasteiger partial charge >= 0.3 is 5.97 Å². The fourth-order valence-electron chi connectivity index (χ4n) is 11.3. The van der Waals surface area contributed by atoms with Crippen LogP contribution in [0.1, 0.15) is 393 Å². The van der Waals surface area contributed by atoms with Crippen LogP contribution in [0.5, 0.6) is 0 Å². The van der Waals surface area contributed by atoms with E-state index in [-0.39, 0.29) is 18.5 Å². The van der Waals surface area contributed by atoms with Crippen LogP contribution in [0.25, 0.3) is 0 Å². The van der Waals surface area contributed by atoms with Gasteiger partial charge < -0.3 is 20.3 Å². The third kappa shape index (κ3) is 68.5. The Kier molecular flexibility index (Phi) is 69.9. The van der Waals surface area contributed by atoms with Gasteiger partial charge in [0.05, 0.1) is 25.4 Å². The molecule has 0 heterocycles. The van der Waals surface area contributed by atoms with Crippen molar-refractivity contribution in [3.05, 3.63) is 60.8 Å². The maximum atomic E-state index is 12.5. The summed E-state index contributed by atoms with van der Waals surface area (Å²) < 4.78 is 5.48. The van der Waals surface area contributed by atoms with Crippen LogP contribution in [0.4, 0.5) is 0 Å². The molecule has 0 saturated heterocycles. The first kappa shape index (κ1) is 80.6. The van der Waals surface area contributed by atoms with Gasteiger partial charge in [-0.1, -0.05) is 351 Å². The summed E-state index contributed by atoms with van der Waals surface area (Å²) in [6.45, 7) is 4.87. The predicted octanol–water partition coefficient (Wildman–Crippen LogP) is 24.2. The van der Waals surface area contributed by atoms with Crippen molar-refractivity contribution in [1.29, 1.82) is 0 Å². The number of esters is 1. The van der Waals surface area contributed by atoms with E-state index in [4.69, 9.17) is 4.74 Å². The van der Waals surface area contributed by atoms with Crippen molar-refractivity contribution in [2.45, 2.75) is 405 Å². The van der Waals surface area contributed by atoms with Gasteiger partial charge in [-0.25, -0.2) is 0 Å². The van der Waals surface area contributed by atoms with Crippen molar-refractivity contribution < 1.29 is 24.5 Å². The Balaban J connectivity index is 3.36. The highest BCUT2D eigenvalue weighted by molar-refractivity contribution is 5.76. The summed E-state index contributed by atoms with van der Waals surface area (Å²) in [5, 5.41) is 23.1. The number of hydrogen-bond donors (Lipinski definition) is 3. The monoisotopic (exact) mass is 1160 g/mol. The maximum Gasteiger partial charge on any atom is 0.305 e. The molecule has 2 atom stereocenters. The first-order valence-corrected chi connectivity index (χ1v) is 37.1. The zero-order valence-corrected chi connectivity index (χ0v) is 55.7. The van der Waals surface area contributed by atoms with Gasteiger partial charge in [0.15, 0.2) is 0 Å². The Morgan fingerprint density at radius 2 is 0.614 bits per heavy atom. The molecule has 83 heavy (non-hydrogen) atoms. The zero-order chi connectivity index (χ0) is 59.9. The van der Waals surface area contributed by atoms with E-state index >= 15 is 0 Å². The van der Waals surface area contributed by atoms with Gasteiger partial charge in [-0.3, -0.25) is 9.59 Å². The summed E-state index contributed by atoms with van der Waals surface area (Å²) in [6, 6.07) is -0.625. The molecule has 6 nitrogen and oxygen atoms in total. The van der Waals surface area contributed by atoms with E-state index in [0.29, 0.717) is 19.4 Å². The largest absolute Gasteiger partial charge is 0.466 e. The van der Waals surface area contributed by atoms with Crippen LogP contribution in [0.15, 0.2) is 60.8 Å². The lowest BCUT2D eigenvalue weighted by atomic mass is 10.0. The normalized spacial score (nSPS) is 12.9. The fraction of sp³-hybridized carbons (Fsp3) is 0.844. The standard InChI is InChI=1S/C77H143NO5/c1-3-5-7-9-11-13-15-17-47-51-55-59-63-67-71-77(82)83-72-68-64-60-56-52-48-44-42-40-38-36-34-32-30-28-26-24-22-20-18-19-21-23-25-27-29-31-33-35-37-39-41-43-46-50-54-58-62-66-70-76(81)78-74(73-79)75(80)69-65-61-57-53-49-45-16-14-12-10-8-6-4-2/h9,11,15,17-19,22,24,65,69,74-75,79-80H,3-8,10,12-14,16,20-21,23,25-64,66-68,70-73H2,1-2H3,(H,78,81)/b11-9-,17-15-,19-18-,24-22-,69-65+. The van der Waals surface area contributed by atoms with Gasteiger partial charge in [-0.15, -0.1) is 0 Å². The number of carbonyl (C=O) groups excluding carboxylic acids is 2. The number of hydrogen-bond acceptors (Lipinski definition) is 5. The van der Waals surface area contributed by atoms with Gasteiger partial charge in [0.2, 0.25) is 5.91 Å². The molecule has 0 aliphatic rings. The Morgan fingerprint density at radius 3 is 0.952 bits per heavy atom. The summed E-state index contributed by atoms with van der Waals surface area (Å²) in [4.78, 5) is 24.5. The van der Waals surface area contributed by atoms with Gasteiger partial charge in [0, 0.05) is 12.8 Å². The highest BCUT2D eigenvalue weighted by Gasteiger charge is 2.18. The molecule has 0 spiro atoms. The molecule has 0 aromatic heterocycles. The Bertz CT molecular complexity index is 1430. The molecular weight excluding hydrogens is 1020 g/mol. The molecule has 3 N–H and O–H groups in total. The lowest BCUT2D eigenvalue weighted by molar-refractivity contribution is -0.143. The molecule has 0 rings (SSSR count). The zero-order valence-electron chi connectivity index (χ0n) is 55.7. The molecule has 0 radical (unpaired) electrons. The van der Waals surface area contributed by atoms with E-state index in [1.165, 1.54) is 308 Å². The van der Waals surface area contributed by atoms with Crippen LogP contribution in [0, 0.1) is 0 Å². The van der Waals surface area contributed by atoms with Crippen LogP contribution in [-0.2, 0) is 14.3 Å². The summed E-state index contributed by atoms with van der Waals surface area (Å²) in [5.74, 6) is -0.0587. The van der Waals surface area contributed by atoms with Crippen LogP contribution < -0.4 is 5.32 Å². The topological polar surface area (TPSA) is 95.9 Å². The maximum absolute atomic E-state index is 12.5. The second-order valence-electron chi connectivity index (χ2n) is 25.3. The molecular formula is C77H143NO5. The molecule has 486 valence electrons. The summed E-state index contributed by atoms with van der Waals surface area (Å²) >= 11 is 0. The molecule has 0 fully saturated rings. The highest BCUT2D eigenvalue weighted by Crippen LogP contribution is 2.18. The molecule has 0 saturated carbocycles. The van der Waals surface area contributed by atoms with Crippen molar-refractivity contribution in [3.8, 4) is 0 Å². The van der Waals surface area contributed by atoms with Crippen molar-refractivity contribution in [1.82, 2.24) is 5.32 Å². The van der Waals surface area contributed by atoms with Gasteiger partial charge in [0.25, 0.3) is 0 Å². The quantitative estimate of drug-likeness (QED) is 0.0320. The summed E-state index contributed by atoms with van der Waals surface area (Å²) in [6.07, 6.45) is 96.2. The van der Waals surface area contributed by atoms with Crippen molar-refractivity contribution >= 4 is 11.9 Å². The predicted molar refractivity (Wildman–Crippen MR) is 365 cm³/mol. The third-order valence-electron chi connectivity index (χ3n) is 17.0. The average Bonchev–Trinajstić information content (AvgIpc) is 3.49. The molecule has 0 aliphatic carbocycles. The van der Waals surface area contributed by atoms with Crippen LogP contribution in [-0.4, -0.2) is 47.4 Å². The second-order valence-corrected chi connectivity index (χ2v) is 25.3. The number of aliphatic hydroxyl groups is 2. The highest BCUT2D eigenvalue weighted by atomic mass is 16.5. The lowest BCUT2D eigenvalue weighted by Gasteiger charge is -2.20. The number of allylic oxidation sites excluding steroid dienone is 9. The second kappa shape index (κ2) is 72.0. The summed E-state index contributed by atoms with van der Waals surface area (Å²) in [7, 11) is 0. The SMILES string of the molecule is CCCC/C=C\C/C=C\CCCCCCCC(=O)OCCCCCCCCCCCCCCCCC/C=C\C/C=C\CCCCCCCCCCCCCCCCCCCC(=O)NC(CO)C(O)/C=C/CCCCCCCCCCCCC. The van der Waals surface area contributed by atoms with E-state index in [1.807, 2.05) is 6.08 Å². The minimum Gasteiger partial charge on any atom is -0.466 e. The van der Waals surface area contributed by atoms with Crippen molar-refractivity contribution in [2.75, 3.05) is 13.2 Å². The van der Waals surface area contributed by atoms with E-state index in [0.717, 1.165) is 57.8 Å². The number of amides is 1. The Morgan fingerprint density at radius 1 is 0.337 bits per heavy atom. The minimum absolute atomic E-state index is 0.00529. The molecule has 0 bridgehead atoms. The molecule has 1 amide bonds. The van der Waals surface area contributed by atoms with Crippen molar-refractivity contribution in [2.24, 2.45) is 0 Å². The van der Waals surface area contributed by atoms with E-state index < -0.39 is 12.1 Å². The van der Waals surface area contributed by atoms with Crippen LogP contribution in [0.3, 0.4) is 0 Å². The van der Waals surface area contributed by atoms with Crippen LogP contribution >= 0.6 is 0 Å². The number of rotatable bonds is 69. The van der Waals surface area contributed by atoms with Gasteiger partial charge in [-0.05, 0) is 89.9 Å². The lowest BCUT2D eigenvalue weighted by Crippen LogP contribution is -2.45. The molecule has 0 aliphatic heterocycles. The Labute approximate surface area is 518 Å². The average molecular weight is 1160 g/mol.